The summed E-state index contributed by atoms with van der Waals surface area (Å²) in [5.41, 5.74) is -0.465. The van der Waals surface area contributed by atoms with Crippen molar-refractivity contribution >= 4 is 27.6 Å². The average Bonchev–Trinajstić information content (AvgIpc) is 2.95. The zero-order valence-corrected chi connectivity index (χ0v) is 26.1. The number of nitrogens with zero attached hydrogens (tertiary/aromatic N) is 1. The lowest BCUT2D eigenvalue weighted by molar-refractivity contribution is -0.154. The van der Waals surface area contributed by atoms with E-state index in [0.717, 1.165) is 34.6 Å². The van der Waals surface area contributed by atoms with Crippen molar-refractivity contribution < 1.29 is 58.7 Å². The number of carbonyl (C=O) groups is 2. The Kier molecular flexibility index (Phi) is 10.2. The van der Waals surface area contributed by atoms with Crippen molar-refractivity contribution in [3.63, 3.8) is 0 Å². The number of sulfonamides is 1. The van der Waals surface area contributed by atoms with E-state index >= 15 is 0 Å². The molecule has 0 unspecified atom stereocenters. The van der Waals surface area contributed by atoms with Crippen LogP contribution in [0.2, 0.25) is 0 Å². The number of halogens is 6. The number of hydrogen-bond acceptors (Lipinski definition) is 7. The third-order valence-electron chi connectivity index (χ3n) is 6.57. The maximum absolute atomic E-state index is 13.8. The van der Waals surface area contributed by atoms with E-state index in [1.54, 1.807) is 20.8 Å². The molecule has 1 amide bonds. The Balaban J connectivity index is 1.56. The normalized spacial score (nSPS) is 15.4. The van der Waals surface area contributed by atoms with E-state index in [0.29, 0.717) is 11.6 Å². The van der Waals surface area contributed by atoms with Gasteiger partial charge >= 0.3 is 18.3 Å². The van der Waals surface area contributed by atoms with Gasteiger partial charge in [0.1, 0.15) is 17.5 Å². The standard InChI is InChI=1S/C31H30F6N2O7S/c1-29(2,3)46-28(41)14-19-10-11-26-25(13-19)39(47(42,43)24-9-5-8-22(15-24)31(35,36)37)17-23(45-26)16-27(40)38-44-18-20-6-4-7-21(12-20)30(32,33)34/h4-13,15,23H,14,16-18H2,1-3H3,(H,38,40)/t23-/m0/s1. The Bertz CT molecular complexity index is 1740. The molecule has 1 atom stereocenters. The minimum atomic E-state index is -4.83. The topological polar surface area (TPSA) is 111 Å². The van der Waals surface area contributed by atoms with Gasteiger partial charge in [-0.3, -0.25) is 18.7 Å². The highest BCUT2D eigenvalue weighted by atomic mass is 32.2. The van der Waals surface area contributed by atoms with Crippen LogP contribution in [-0.2, 0) is 54.6 Å². The Morgan fingerprint density at radius 3 is 2.17 bits per heavy atom. The molecular weight excluding hydrogens is 658 g/mol. The van der Waals surface area contributed by atoms with Crippen LogP contribution in [0.1, 0.15) is 49.4 Å². The molecule has 16 heteroatoms. The first-order valence-electron chi connectivity index (χ1n) is 14.0. The number of anilines is 1. The fourth-order valence-corrected chi connectivity index (χ4v) is 6.14. The Hall–Kier alpha value is -4.31. The molecule has 1 aliphatic rings. The van der Waals surface area contributed by atoms with Gasteiger partial charge in [0.25, 0.3) is 10.0 Å². The number of benzene rings is 3. The molecule has 1 N–H and O–H groups in total. The number of nitrogens with one attached hydrogen (secondary N) is 1. The summed E-state index contributed by atoms with van der Waals surface area (Å²) < 4.78 is 119. The van der Waals surface area contributed by atoms with Gasteiger partial charge in [-0.25, -0.2) is 13.9 Å². The van der Waals surface area contributed by atoms with Crippen LogP contribution in [0.25, 0.3) is 0 Å². The largest absolute Gasteiger partial charge is 0.486 e. The van der Waals surface area contributed by atoms with E-state index in [2.05, 4.69) is 5.48 Å². The number of hydroxylamine groups is 1. The van der Waals surface area contributed by atoms with Crippen molar-refractivity contribution in [2.45, 2.75) is 69.2 Å². The molecule has 0 aromatic heterocycles. The Morgan fingerprint density at radius 1 is 0.894 bits per heavy atom. The average molecular weight is 689 g/mol. The summed E-state index contributed by atoms with van der Waals surface area (Å²) in [6.07, 6.45) is -11.3. The molecule has 0 saturated carbocycles. The van der Waals surface area contributed by atoms with Gasteiger partial charge in [0.15, 0.2) is 0 Å². The quantitative estimate of drug-likeness (QED) is 0.162. The van der Waals surface area contributed by atoms with Gasteiger partial charge in [-0.2, -0.15) is 26.3 Å². The molecule has 0 aliphatic carbocycles. The molecule has 0 bridgehead atoms. The second-order valence-corrected chi connectivity index (χ2v) is 13.4. The van der Waals surface area contributed by atoms with Gasteiger partial charge in [0, 0.05) is 0 Å². The first kappa shape index (κ1) is 35.5. The summed E-state index contributed by atoms with van der Waals surface area (Å²) in [4.78, 5) is 29.5. The van der Waals surface area contributed by atoms with Crippen LogP contribution in [0, 0.1) is 0 Å². The molecule has 0 fully saturated rings. The number of alkyl halides is 6. The second-order valence-electron chi connectivity index (χ2n) is 11.6. The van der Waals surface area contributed by atoms with Crippen LogP contribution in [-0.4, -0.2) is 38.5 Å². The fraction of sp³-hybridized carbons (Fsp3) is 0.355. The van der Waals surface area contributed by atoms with Crippen molar-refractivity contribution in [3.05, 3.63) is 89.0 Å². The number of hydrogen-bond donors (Lipinski definition) is 1. The van der Waals surface area contributed by atoms with E-state index in [1.165, 1.54) is 30.3 Å². The summed E-state index contributed by atoms with van der Waals surface area (Å²) in [5, 5.41) is 0. The van der Waals surface area contributed by atoms with Crippen molar-refractivity contribution in [3.8, 4) is 5.75 Å². The minimum Gasteiger partial charge on any atom is -0.486 e. The number of carbonyl (C=O) groups excluding carboxylic acids is 2. The van der Waals surface area contributed by atoms with Crippen LogP contribution in [0.15, 0.2) is 71.6 Å². The van der Waals surface area contributed by atoms with Gasteiger partial charge in [-0.05, 0) is 74.4 Å². The minimum absolute atomic E-state index is 0.0394. The molecule has 9 nitrogen and oxygen atoms in total. The molecule has 0 spiro atoms. The third-order valence-corrected chi connectivity index (χ3v) is 8.34. The second kappa shape index (κ2) is 13.4. The maximum Gasteiger partial charge on any atom is 0.416 e. The van der Waals surface area contributed by atoms with E-state index in [1.807, 2.05) is 0 Å². The smallest absolute Gasteiger partial charge is 0.416 e. The predicted molar refractivity (Wildman–Crippen MR) is 155 cm³/mol. The summed E-state index contributed by atoms with van der Waals surface area (Å²) >= 11 is 0. The molecule has 0 saturated heterocycles. The highest BCUT2D eigenvalue weighted by Crippen LogP contribution is 2.40. The number of rotatable bonds is 9. The van der Waals surface area contributed by atoms with Crippen LogP contribution in [0.3, 0.4) is 0 Å². The van der Waals surface area contributed by atoms with Gasteiger partial charge in [0.2, 0.25) is 5.91 Å². The van der Waals surface area contributed by atoms with Gasteiger partial charge < -0.3 is 9.47 Å². The van der Waals surface area contributed by atoms with Crippen LogP contribution in [0.5, 0.6) is 5.75 Å². The molecular formula is C31H30F6N2O7S. The van der Waals surface area contributed by atoms with E-state index in [4.69, 9.17) is 14.3 Å². The SMILES string of the molecule is CC(C)(C)OC(=O)Cc1ccc2c(c1)N(S(=O)(=O)c1cccc(C(F)(F)F)c1)C[C@H](CC(=O)NOCc1cccc(C(F)(F)F)c1)O2. The molecule has 1 aliphatic heterocycles. The number of esters is 1. The fourth-order valence-electron chi connectivity index (χ4n) is 4.59. The molecule has 47 heavy (non-hydrogen) atoms. The molecule has 1 heterocycles. The molecule has 3 aromatic carbocycles. The van der Waals surface area contributed by atoms with E-state index in [9.17, 15) is 44.3 Å². The zero-order valence-electron chi connectivity index (χ0n) is 25.2. The van der Waals surface area contributed by atoms with Crippen molar-refractivity contribution in [2.24, 2.45) is 0 Å². The maximum atomic E-state index is 13.8. The predicted octanol–water partition coefficient (Wildman–Crippen LogP) is 6.20. The first-order valence-corrected chi connectivity index (χ1v) is 15.4. The van der Waals surface area contributed by atoms with Crippen molar-refractivity contribution in [2.75, 3.05) is 10.8 Å². The Labute approximate surface area is 266 Å². The lowest BCUT2D eigenvalue weighted by Gasteiger charge is -2.35. The molecule has 3 aromatic rings. The molecule has 0 radical (unpaired) electrons. The van der Waals surface area contributed by atoms with Crippen molar-refractivity contribution in [1.29, 1.82) is 0 Å². The lowest BCUT2D eigenvalue weighted by atomic mass is 10.1. The first-order chi connectivity index (χ1) is 21.7. The summed E-state index contributed by atoms with van der Waals surface area (Å²) in [6, 6.07) is 11.6. The number of amides is 1. The number of ether oxygens (including phenoxy) is 2. The van der Waals surface area contributed by atoms with Gasteiger partial charge in [-0.15, -0.1) is 0 Å². The highest BCUT2D eigenvalue weighted by molar-refractivity contribution is 7.92. The third kappa shape index (κ3) is 9.38. The van der Waals surface area contributed by atoms with E-state index in [-0.39, 0.29) is 23.4 Å². The summed E-state index contributed by atoms with van der Waals surface area (Å²) in [6.45, 7) is 4.06. The summed E-state index contributed by atoms with van der Waals surface area (Å²) in [7, 11) is -4.69. The number of fused-ring (bicyclic) bond motifs is 1. The molecule has 4 rings (SSSR count). The van der Waals surface area contributed by atoms with Crippen LogP contribution < -0.4 is 14.5 Å². The summed E-state index contributed by atoms with van der Waals surface area (Å²) in [5.74, 6) is -1.47. The zero-order chi connectivity index (χ0) is 34.8. The van der Waals surface area contributed by atoms with Gasteiger partial charge in [-0.1, -0.05) is 24.3 Å². The van der Waals surface area contributed by atoms with Crippen molar-refractivity contribution in [1.82, 2.24) is 5.48 Å². The van der Waals surface area contributed by atoms with Gasteiger partial charge in [0.05, 0.1) is 47.7 Å². The monoisotopic (exact) mass is 688 g/mol. The Morgan fingerprint density at radius 2 is 1.53 bits per heavy atom. The van der Waals surface area contributed by atoms with Crippen LogP contribution in [0.4, 0.5) is 32.0 Å². The van der Waals surface area contributed by atoms with E-state index < -0.39 is 81.6 Å². The molecule has 254 valence electrons. The lowest BCUT2D eigenvalue weighted by Crippen LogP contribution is -2.45. The van der Waals surface area contributed by atoms with Crippen LogP contribution >= 0.6 is 0 Å². The highest BCUT2D eigenvalue weighted by Gasteiger charge is 2.38.